The van der Waals surface area contributed by atoms with Gasteiger partial charge in [0.1, 0.15) is 11.2 Å². The number of nitrogens with zero attached hydrogens (tertiary/aromatic N) is 3. The molecular formula is C66H62BN3OS. The molecule has 6 heteroatoms. The summed E-state index contributed by atoms with van der Waals surface area (Å²) in [6.07, 6.45) is 0. The summed E-state index contributed by atoms with van der Waals surface area (Å²) in [5.41, 5.74) is 20.6. The predicted octanol–water partition coefficient (Wildman–Crippen LogP) is 17.8. The van der Waals surface area contributed by atoms with Gasteiger partial charge in [0.15, 0.2) is 0 Å². The Kier molecular flexibility index (Phi) is 9.51. The van der Waals surface area contributed by atoms with Crippen LogP contribution in [0.5, 0.6) is 0 Å². The van der Waals surface area contributed by atoms with Crippen LogP contribution in [0.1, 0.15) is 105 Å². The van der Waals surface area contributed by atoms with E-state index in [4.69, 9.17) is 4.42 Å². The van der Waals surface area contributed by atoms with Crippen LogP contribution in [0.15, 0.2) is 162 Å². The van der Waals surface area contributed by atoms with Gasteiger partial charge in [-0.25, -0.2) is 0 Å². The average molecular weight is 956 g/mol. The van der Waals surface area contributed by atoms with Crippen LogP contribution in [0.4, 0.5) is 28.4 Å². The number of thiophene rings is 1. The molecule has 3 aromatic heterocycles. The van der Waals surface area contributed by atoms with Gasteiger partial charge in [-0.2, -0.15) is 0 Å². The van der Waals surface area contributed by atoms with Gasteiger partial charge < -0.3 is 18.7 Å². The number of furan rings is 1. The average Bonchev–Trinajstić information content (AvgIpc) is 4.01. The highest BCUT2D eigenvalue weighted by molar-refractivity contribution is 7.32. The van der Waals surface area contributed by atoms with E-state index >= 15 is 0 Å². The summed E-state index contributed by atoms with van der Waals surface area (Å²) < 4.78 is 12.0. The summed E-state index contributed by atoms with van der Waals surface area (Å²) in [4.78, 5) is 5.12. The van der Waals surface area contributed by atoms with Crippen molar-refractivity contribution in [2.75, 3.05) is 9.71 Å². The number of hydrogen-bond donors (Lipinski definition) is 0. The normalized spacial score (nSPS) is 13.8. The molecule has 4 nitrogen and oxygen atoms in total. The molecule has 5 heterocycles. The van der Waals surface area contributed by atoms with Gasteiger partial charge in [-0.1, -0.05) is 156 Å². The fraction of sp³-hybridized carbons (Fsp3) is 0.242. The molecule has 8 aromatic carbocycles. The number of para-hydroxylation sites is 1. The van der Waals surface area contributed by atoms with Crippen LogP contribution < -0.4 is 20.0 Å². The summed E-state index contributed by atoms with van der Waals surface area (Å²) in [6.45, 7) is 27.6. The quantitative estimate of drug-likeness (QED) is 0.164. The Morgan fingerprint density at radius 2 is 1.04 bits per heavy atom. The van der Waals surface area contributed by atoms with Crippen molar-refractivity contribution in [1.29, 1.82) is 0 Å². The Balaban J connectivity index is 1.13. The monoisotopic (exact) mass is 955 g/mol. The van der Waals surface area contributed by atoms with Crippen molar-refractivity contribution < 1.29 is 4.42 Å². The fourth-order valence-electron chi connectivity index (χ4n) is 11.8. The van der Waals surface area contributed by atoms with Crippen molar-refractivity contribution in [3.8, 4) is 16.8 Å². The van der Waals surface area contributed by atoms with Gasteiger partial charge in [0.2, 0.25) is 0 Å². The minimum Gasteiger partial charge on any atom is -0.456 e. The van der Waals surface area contributed by atoms with Crippen molar-refractivity contribution in [1.82, 2.24) is 4.57 Å². The van der Waals surface area contributed by atoms with Gasteiger partial charge in [0.05, 0.1) is 16.7 Å². The first-order valence-electron chi connectivity index (χ1n) is 25.8. The molecule has 0 saturated carbocycles. The lowest BCUT2D eigenvalue weighted by atomic mass is 9.47. The SMILES string of the molecule is CC(C)(C)c1ccc(N2B3c4sc5ccc(C(C)(C)C)cc5c4-n4c5cc6oc7ccccc7c6cc5c5ccc(c3c54)-c3cc(N(c4ccc(C(C)(C)C)cc4)c4ccc(C(C)(C)C)cc4)ccc32)cc1. The van der Waals surface area contributed by atoms with Gasteiger partial charge in [-0.3, -0.25) is 0 Å². The Hall–Kier alpha value is -7.02. The van der Waals surface area contributed by atoms with Crippen molar-refractivity contribution in [3.63, 3.8) is 0 Å². The summed E-state index contributed by atoms with van der Waals surface area (Å²) >= 11 is 1.96. The highest BCUT2D eigenvalue weighted by Crippen LogP contribution is 2.50. The lowest BCUT2D eigenvalue weighted by Gasteiger charge is -2.41. The number of benzene rings is 8. The van der Waals surface area contributed by atoms with Crippen LogP contribution in [0.2, 0.25) is 0 Å². The molecule has 0 bridgehead atoms. The van der Waals surface area contributed by atoms with Crippen LogP contribution in [0.3, 0.4) is 0 Å². The molecular weight excluding hydrogens is 894 g/mol. The van der Waals surface area contributed by atoms with E-state index in [1.54, 1.807) is 0 Å². The lowest BCUT2D eigenvalue weighted by molar-refractivity contribution is 0.590. The Morgan fingerprint density at radius 3 is 1.67 bits per heavy atom. The molecule has 356 valence electrons. The predicted molar refractivity (Wildman–Crippen MR) is 312 cm³/mol. The third-order valence-corrected chi connectivity index (χ3v) is 17.0. The highest BCUT2D eigenvalue weighted by atomic mass is 32.1. The highest BCUT2D eigenvalue weighted by Gasteiger charge is 2.46. The zero-order chi connectivity index (χ0) is 50.0. The number of aromatic nitrogens is 1. The van der Waals surface area contributed by atoms with Crippen LogP contribution in [0.25, 0.3) is 70.6 Å². The van der Waals surface area contributed by atoms with Gasteiger partial charge in [-0.05, 0) is 134 Å². The topological polar surface area (TPSA) is 24.6 Å². The summed E-state index contributed by atoms with van der Waals surface area (Å²) in [6, 6.07) is 60.4. The van der Waals surface area contributed by atoms with E-state index in [1.165, 1.54) is 92.6 Å². The maximum atomic E-state index is 6.69. The number of fused-ring (bicyclic) bond motifs is 13. The molecule has 13 rings (SSSR count). The molecule has 0 radical (unpaired) electrons. The fourth-order valence-corrected chi connectivity index (χ4v) is 13.0. The van der Waals surface area contributed by atoms with E-state index in [9.17, 15) is 0 Å². The van der Waals surface area contributed by atoms with Gasteiger partial charge in [0.25, 0.3) is 0 Å². The van der Waals surface area contributed by atoms with Crippen molar-refractivity contribution in [3.05, 3.63) is 180 Å². The Bertz CT molecular complexity index is 3950. The molecule has 11 aromatic rings. The molecule has 0 atom stereocenters. The van der Waals surface area contributed by atoms with Gasteiger partial charge >= 0.3 is 6.85 Å². The maximum absolute atomic E-state index is 6.69. The van der Waals surface area contributed by atoms with Crippen molar-refractivity contribution in [2.45, 2.75) is 105 Å². The van der Waals surface area contributed by atoms with E-state index < -0.39 is 0 Å². The largest absolute Gasteiger partial charge is 0.456 e. The third-order valence-electron chi connectivity index (χ3n) is 15.8. The zero-order valence-electron chi connectivity index (χ0n) is 43.7. The first-order chi connectivity index (χ1) is 34.2. The van der Waals surface area contributed by atoms with Crippen LogP contribution in [-0.4, -0.2) is 11.4 Å². The molecule has 0 saturated heterocycles. The molecule has 72 heavy (non-hydrogen) atoms. The number of rotatable bonds is 4. The van der Waals surface area contributed by atoms with Gasteiger partial charge in [-0.15, -0.1) is 11.3 Å². The van der Waals surface area contributed by atoms with E-state index in [0.717, 1.165) is 39.0 Å². The van der Waals surface area contributed by atoms with E-state index in [-0.39, 0.29) is 28.5 Å². The summed E-state index contributed by atoms with van der Waals surface area (Å²) in [7, 11) is 0. The van der Waals surface area contributed by atoms with Crippen molar-refractivity contribution >= 4 is 111 Å². The number of anilines is 5. The number of hydrogen-bond acceptors (Lipinski definition) is 4. The van der Waals surface area contributed by atoms with Crippen LogP contribution in [-0.2, 0) is 21.7 Å². The summed E-state index contributed by atoms with van der Waals surface area (Å²) in [5.74, 6) is 0. The Labute approximate surface area is 428 Å². The van der Waals surface area contributed by atoms with E-state index in [1.807, 2.05) is 11.3 Å². The first-order valence-corrected chi connectivity index (χ1v) is 26.6. The Morgan fingerprint density at radius 1 is 0.458 bits per heavy atom. The lowest BCUT2D eigenvalue weighted by Crippen LogP contribution is -2.59. The molecule has 0 spiro atoms. The maximum Gasteiger partial charge on any atom is 0.343 e. The second-order valence-corrected chi connectivity index (χ2v) is 25.8. The van der Waals surface area contributed by atoms with Crippen LogP contribution in [0, 0.1) is 0 Å². The zero-order valence-corrected chi connectivity index (χ0v) is 44.6. The standard InChI is InChI=1S/C66H62BN3OS/c1-63(2,3)39-17-24-43(25-18-39)68(44-26-19-40(20-27-44)64(4,5)6)46-30-33-54-50(36-46)48-31-32-49-51-37-52-47-15-13-14-16-56(47)71-57(52)38-55(51)69-60(49)59(48)67(70(54)45-28-21-41(22-29-45)65(7,8)9)62-61(69)53-35-42(66(10,11)12)23-34-58(53)72-62/h13-38H,1-12H3. The second kappa shape index (κ2) is 15.3. The van der Waals surface area contributed by atoms with E-state index in [2.05, 4.69) is 255 Å². The minimum absolute atomic E-state index is 0.0171. The minimum atomic E-state index is -0.0837. The molecule has 0 amide bonds. The second-order valence-electron chi connectivity index (χ2n) is 24.7. The van der Waals surface area contributed by atoms with Gasteiger partial charge in [0, 0.05) is 76.5 Å². The third kappa shape index (κ3) is 6.78. The molecule has 0 unspecified atom stereocenters. The molecule has 0 aliphatic carbocycles. The van der Waals surface area contributed by atoms with E-state index in [0.29, 0.717) is 0 Å². The smallest absolute Gasteiger partial charge is 0.343 e. The molecule has 2 aliphatic rings. The molecule has 0 fully saturated rings. The molecule has 2 aliphatic heterocycles. The van der Waals surface area contributed by atoms with Crippen molar-refractivity contribution in [2.24, 2.45) is 0 Å². The van der Waals surface area contributed by atoms with Crippen LogP contribution >= 0.6 is 11.3 Å². The molecule has 0 N–H and O–H groups in total. The summed E-state index contributed by atoms with van der Waals surface area (Å²) in [5, 5.41) is 6.11. The first kappa shape index (κ1) is 44.9.